The number of nitrogens with zero attached hydrogens (tertiary/aromatic N) is 2. The topological polar surface area (TPSA) is 27.1 Å². The molecule has 2 aromatic rings. The molecule has 0 unspecified atom stereocenters. The molecular formula is C14H21ClN2OS. The average molecular weight is 301 g/mol. The van der Waals surface area contributed by atoms with Crippen LogP contribution in [0.25, 0.3) is 10.9 Å². The van der Waals surface area contributed by atoms with E-state index in [0.29, 0.717) is 11.9 Å². The Labute approximate surface area is 121 Å². The second-order valence-corrected chi connectivity index (χ2v) is 10.6. The molecule has 0 aliphatic carbocycles. The molecule has 0 atom stereocenters. The van der Waals surface area contributed by atoms with Crippen molar-refractivity contribution in [1.29, 1.82) is 0 Å². The lowest BCUT2D eigenvalue weighted by Gasteiger charge is -2.24. The van der Waals surface area contributed by atoms with Gasteiger partial charge >= 0.3 is 0 Å². The Balaban J connectivity index is 2.08. The van der Waals surface area contributed by atoms with Crippen LogP contribution in [-0.2, 0) is 11.5 Å². The Kier molecular flexibility index (Phi) is 4.43. The van der Waals surface area contributed by atoms with Gasteiger partial charge in [-0.3, -0.25) is 0 Å². The highest BCUT2D eigenvalue weighted by Crippen LogP contribution is 2.33. The first-order chi connectivity index (χ1) is 8.87. The highest BCUT2D eigenvalue weighted by Gasteiger charge is 2.08. The first-order valence-electron chi connectivity index (χ1n) is 6.22. The summed E-state index contributed by atoms with van der Waals surface area (Å²) in [6.45, 7) is 3.45. The zero-order valence-electron chi connectivity index (χ0n) is 11.9. The number of aromatic nitrogens is 2. The van der Waals surface area contributed by atoms with E-state index in [1.54, 1.807) is 6.20 Å². The summed E-state index contributed by atoms with van der Waals surface area (Å²) < 4.78 is 7.94. The lowest BCUT2D eigenvalue weighted by atomic mass is 10.3. The lowest BCUT2D eigenvalue weighted by molar-refractivity contribution is 0.0915. The van der Waals surface area contributed by atoms with E-state index in [1.165, 1.54) is 5.69 Å². The van der Waals surface area contributed by atoms with Crippen molar-refractivity contribution in [2.24, 2.45) is 0 Å². The molecule has 106 valence electrons. The van der Waals surface area contributed by atoms with Gasteiger partial charge in [0.1, 0.15) is 11.9 Å². The van der Waals surface area contributed by atoms with Crippen LogP contribution in [0.5, 0.6) is 0 Å². The summed E-state index contributed by atoms with van der Waals surface area (Å²) in [5.74, 6) is 1.13. The first-order valence-corrected chi connectivity index (χ1v) is 9.62. The van der Waals surface area contributed by atoms with Crippen LogP contribution >= 0.6 is 21.6 Å². The van der Waals surface area contributed by atoms with Gasteiger partial charge in [0.15, 0.2) is 0 Å². The summed E-state index contributed by atoms with van der Waals surface area (Å²) >= 11 is 5.96. The monoisotopic (exact) mass is 300 g/mol. The fourth-order valence-corrected chi connectivity index (χ4v) is 2.67. The van der Waals surface area contributed by atoms with Gasteiger partial charge in [-0.15, -0.1) is 0 Å². The first kappa shape index (κ1) is 14.7. The van der Waals surface area contributed by atoms with Crippen molar-refractivity contribution in [2.45, 2.75) is 13.7 Å². The molecule has 2 aromatic heterocycles. The zero-order valence-corrected chi connectivity index (χ0v) is 13.5. The Hall–Kier alpha value is -0.710. The summed E-state index contributed by atoms with van der Waals surface area (Å²) in [6.07, 6.45) is 8.72. The van der Waals surface area contributed by atoms with Crippen molar-refractivity contribution in [2.75, 3.05) is 31.1 Å². The fourth-order valence-electron chi connectivity index (χ4n) is 1.90. The normalized spacial score (nSPS) is 13.1. The molecule has 0 aromatic carbocycles. The molecule has 0 saturated heterocycles. The van der Waals surface area contributed by atoms with Crippen LogP contribution in [0.4, 0.5) is 0 Å². The van der Waals surface area contributed by atoms with Crippen LogP contribution in [0.2, 0.25) is 5.15 Å². The third-order valence-corrected chi connectivity index (χ3v) is 4.62. The minimum absolute atomic E-state index is 0.490. The second-order valence-electron chi connectivity index (χ2n) is 5.61. The molecule has 2 heterocycles. The number of aryl methyl sites for hydroxylation is 1. The van der Waals surface area contributed by atoms with Gasteiger partial charge in [0.2, 0.25) is 0 Å². The standard InChI is InChI=1S/C14H21ClN2OS/c1-11-7-12-9-16-14(15)8-13(12)17(11)10-18-5-6-19(2,3)4/h7-9H,5-6,10H2,1-4H3. The largest absolute Gasteiger partial charge is 0.360 e. The summed E-state index contributed by atoms with van der Waals surface area (Å²) in [4.78, 5) is 4.11. The number of halogens is 1. The molecule has 5 heteroatoms. The van der Waals surface area contributed by atoms with E-state index in [1.807, 2.05) is 6.07 Å². The van der Waals surface area contributed by atoms with Gasteiger partial charge in [0, 0.05) is 23.0 Å². The third kappa shape index (κ3) is 3.88. The molecule has 0 aliphatic heterocycles. The number of hydrogen-bond donors (Lipinski definition) is 0. The quantitative estimate of drug-likeness (QED) is 0.622. The van der Waals surface area contributed by atoms with Gasteiger partial charge < -0.3 is 9.30 Å². The molecule has 0 fully saturated rings. The fraction of sp³-hybridized carbons (Fsp3) is 0.500. The Morgan fingerprint density at radius 2 is 2.05 bits per heavy atom. The maximum Gasteiger partial charge on any atom is 0.131 e. The molecule has 0 saturated carbocycles. The number of pyridine rings is 1. The van der Waals surface area contributed by atoms with Crippen molar-refractivity contribution >= 4 is 32.5 Å². The molecule has 0 N–H and O–H groups in total. The molecule has 0 amide bonds. The van der Waals surface area contributed by atoms with Gasteiger partial charge in [-0.05, 0) is 37.8 Å². The van der Waals surface area contributed by atoms with E-state index in [2.05, 4.69) is 41.3 Å². The van der Waals surface area contributed by atoms with E-state index in [-0.39, 0.29) is 0 Å². The van der Waals surface area contributed by atoms with Gasteiger partial charge in [0.05, 0.1) is 12.1 Å². The van der Waals surface area contributed by atoms with Crippen LogP contribution in [0.3, 0.4) is 0 Å². The van der Waals surface area contributed by atoms with E-state index in [9.17, 15) is 0 Å². The molecule has 19 heavy (non-hydrogen) atoms. The van der Waals surface area contributed by atoms with E-state index in [4.69, 9.17) is 16.3 Å². The van der Waals surface area contributed by atoms with Gasteiger partial charge in [-0.1, -0.05) is 11.6 Å². The van der Waals surface area contributed by atoms with Crippen LogP contribution < -0.4 is 0 Å². The lowest BCUT2D eigenvalue weighted by Crippen LogP contribution is -2.10. The van der Waals surface area contributed by atoms with Crippen LogP contribution in [-0.4, -0.2) is 40.7 Å². The Morgan fingerprint density at radius 1 is 1.32 bits per heavy atom. The Bertz CT molecular complexity index is 575. The van der Waals surface area contributed by atoms with Crippen molar-refractivity contribution < 1.29 is 4.74 Å². The molecule has 3 nitrogen and oxygen atoms in total. The summed E-state index contributed by atoms with van der Waals surface area (Å²) in [5, 5.41) is 1.62. The second kappa shape index (κ2) is 5.73. The summed E-state index contributed by atoms with van der Waals surface area (Å²) in [6, 6.07) is 4.00. The van der Waals surface area contributed by atoms with E-state index >= 15 is 0 Å². The molecule has 0 aliphatic rings. The van der Waals surface area contributed by atoms with Gasteiger partial charge in [-0.25, -0.2) is 15.0 Å². The van der Waals surface area contributed by atoms with Gasteiger partial charge in [-0.2, -0.15) is 0 Å². The number of fused-ring (bicyclic) bond motifs is 1. The van der Waals surface area contributed by atoms with Crippen LogP contribution in [0, 0.1) is 6.92 Å². The number of hydrogen-bond acceptors (Lipinski definition) is 2. The summed E-state index contributed by atoms with van der Waals surface area (Å²) in [7, 11) is -0.490. The maximum atomic E-state index is 5.96. The molecule has 0 radical (unpaired) electrons. The van der Waals surface area contributed by atoms with Crippen molar-refractivity contribution in [3.63, 3.8) is 0 Å². The number of ether oxygens (including phenoxy) is 1. The van der Waals surface area contributed by atoms with Gasteiger partial charge in [0.25, 0.3) is 0 Å². The van der Waals surface area contributed by atoms with Crippen LogP contribution in [0.1, 0.15) is 5.69 Å². The third-order valence-electron chi connectivity index (χ3n) is 3.02. The molecule has 0 spiro atoms. The minimum Gasteiger partial charge on any atom is -0.360 e. The van der Waals surface area contributed by atoms with Crippen LogP contribution in [0.15, 0.2) is 18.3 Å². The Morgan fingerprint density at radius 3 is 2.74 bits per heavy atom. The van der Waals surface area contributed by atoms with Crippen molar-refractivity contribution in [3.8, 4) is 0 Å². The average Bonchev–Trinajstić information content (AvgIpc) is 2.59. The summed E-state index contributed by atoms with van der Waals surface area (Å²) in [5.41, 5.74) is 2.25. The predicted octanol–water partition coefficient (Wildman–Crippen LogP) is 3.67. The SMILES string of the molecule is Cc1cc2cnc(Cl)cc2n1COCCS(C)(C)C. The van der Waals surface area contributed by atoms with Crippen molar-refractivity contribution in [1.82, 2.24) is 9.55 Å². The molecule has 0 bridgehead atoms. The molecule has 2 rings (SSSR count). The zero-order chi connectivity index (χ0) is 14.0. The van der Waals surface area contributed by atoms with E-state index < -0.39 is 10.0 Å². The van der Waals surface area contributed by atoms with Crippen molar-refractivity contribution in [3.05, 3.63) is 29.2 Å². The predicted molar refractivity (Wildman–Crippen MR) is 85.7 cm³/mol. The molecular weight excluding hydrogens is 280 g/mol. The minimum atomic E-state index is -0.490. The highest BCUT2D eigenvalue weighted by atomic mass is 35.5. The van der Waals surface area contributed by atoms with E-state index in [0.717, 1.165) is 23.3 Å². The smallest absolute Gasteiger partial charge is 0.131 e. The number of rotatable bonds is 5. The highest BCUT2D eigenvalue weighted by molar-refractivity contribution is 8.32. The maximum absolute atomic E-state index is 5.96.